The van der Waals surface area contributed by atoms with Crippen LogP contribution in [0.15, 0.2) is 48.5 Å². The van der Waals surface area contributed by atoms with Crippen molar-refractivity contribution in [2.75, 3.05) is 24.1 Å². The summed E-state index contributed by atoms with van der Waals surface area (Å²) in [6.07, 6.45) is 1.54. The van der Waals surface area contributed by atoms with E-state index in [4.69, 9.17) is 4.74 Å². The van der Waals surface area contributed by atoms with Crippen LogP contribution in [0.2, 0.25) is 0 Å². The van der Waals surface area contributed by atoms with Gasteiger partial charge in [0, 0.05) is 12.5 Å². The highest BCUT2D eigenvalue weighted by Crippen LogP contribution is 2.23. The molecule has 9 heteroatoms. The van der Waals surface area contributed by atoms with Crippen molar-refractivity contribution < 1.29 is 27.1 Å². The summed E-state index contributed by atoms with van der Waals surface area (Å²) in [6.45, 7) is 7.40. The largest absolute Gasteiger partial charge is 0.465 e. The molecule has 0 saturated carbocycles. The van der Waals surface area contributed by atoms with E-state index in [0.717, 1.165) is 17.9 Å². The lowest BCUT2D eigenvalue weighted by atomic mass is 9.96. The van der Waals surface area contributed by atoms with Gasteiger partial charge >= 0.3 is 5.97 Å². The Bertz CT molecular complexity index is 1100. The zero-order valence-corrected chi connectivity index (χ0v) is 21.0. The Balaban J connectivity index is 2.05. The van der Waals surface area contributed by atoms with Crippen molar-refractivity contribution in [1.29, 1.82) is 0 Å². The summed E-state index contributed by atoms with van der Waals surface area (Å²) >= 11 is 0. The minimum absolute atomic E-state index is 0.150. The number of carbonyl (C=O) groups excluding carboxylic acids is 2. The number of hydrogen-bond donors (Lipinski definition) is 2. The molecular formula is C25H33FN2O5S. The Morgan fingerprint density at radius 1 is 1.09 bits per heavy atom. The number of anilines is 1. The summed E-state index contributed by atoms with van der Waals surface area (Å²) in [7, 11) is -3.62. The van der Waals surface area contributed by atoms with Crippen LogP contribution in [0.25, 0.3) is 0 Å². The van der Waals surface area contributed by atoms with Gasteiger partial charge < -0.3 is 10.1 Å². The van der Waals surface area contributed by atoms with Crippen LogP contribution in [0.1, 0.15) is 44.7 Å². The Labute approximate surface area is 201 Å². The topological polar surface area (TPSA) is 102 Å². The van der Waals surface area contributed by atoms with E-state index >= 15 is 0 Å². The molecule has 7 nitrogen and oxygen atoms in total. The van der Waals surface area contributed by atoms with Crippen molar-refractivity contribution >= 4 is 27.6 Å². The molecule has 2 N–H and O–H groups in total. The van der Waals surface area contributed by atoms with Gasteiger partial charge in [-0.15, -0.1) is 0 Å². The number of ether oxygens (including phenoxy) is 1. The predicted octanol–water partition coefficient (Wildman–Crippen LogP) is 3.87. The van der Waals surface area contributed by atoms with Gasteiger partial charge in [-0.1, -0.05) is 36.4 Å². The third-order valence-corrected chi connectivity index (χ3v) is 5.77. The molecule has 0 aliphatic heterocycles. The fourth-order valence-electron chi connectivity index (χ4n) is 3.18. The average molecular weight is 493 g/mol. The van der Waals surface area contributed by atoms with Gasteiger partial charge in [-0.25, -0.2) is 12.8 Å². The zero-order chi connectivity index (χ0) is 25.5. The van der Waals surface area contributed by atoms with Crippen molar-refractivity contribution in [2.45, 2.75) is 40.0 Å². The lowest BCUT2D eigenvalue weighted by molar-refractivity contribution is -0.154. The van der Waals surface area contributed by atoms with Crippen LogP contribution in [0.3, 0.4) is 0 Å². The van der Waals surface area contributed by atoms with E-state index in [1.165, 1.54) is 12.1 Å². The number of esters is 1. The van der Waals surface area contributed by atoms with E-state index in [9.17, 15) is 22.4 Å². The van der Waals surface area contributed by atoms with E-state index in [1.807, 2.05) is 30.3 Å². The molecule has 186 valence electrons. The normalized spacial score (nSPS) is 13.6. The maximum absolute atomic E-state index is 14.3. The Morgan fingerprint density at radius 3 is 2.29 bits per heavy atom. The molecule has 0 saturated heterocycles. The molecule has 0 aromatic heterocycles. The van der Waals surface area contributed by atoms with E-state index in [1.54, 1.807) is 27.7 Å². The van der Waals surface area contributed by atoms with Gasteiger partial charge in [-0.2, -0.15) is 0 Å². The lowest BCUT2D eigenvalue weighted by Crippen LogP contribution is -2.36. The van der Waals surface area contributed by atoms with Crippen LogP contribution in [0.5, 0.6) is 0 Å². The molecule has 2 aromatic carbocycles. The summed E-state index contributed by atoms with van der Waals surface area (Å²) in [5, 5.41) is 2.87. The van der Waals surface area contributed by atoms with Gasteiger partial charge in [-0.05, 0) is 57.4 Å². The van der Waals surface area contributed by atoms with Crippen molar-refractivity contribution in [2.24, 2.45) is 11.3 Å². The number of nitrogens with one attached hydrogen (secondary N) is 2. The van der Waals surface area contributed by atoms with E-state index < -0.39 is 27.2 Å². The third-order valence-electron chi connectivity index (χ3n) is 5.18. The molecule has 0 spiro atoms. The molecular weight excluding hydrogens is 459 g/mol. The second kappa shape index (κ2) is 11.5. The fraction of sp³-hybridized carbons (Fsp3) is 0.440. The monoisotopic (exact) mass is 492 g/mol. The molecule has 0 radical (unpaired) electrons. The summed E-state index contributed by atoms with van der Waals surface area (Å²) in [5.41, 5.74) is 0.657. The van der Waals surface area contributed by atoms with Crippen LogP contribution >= 0.6 is 0 Å². The van der Waals surface area contributed by atoms with E-state index in [2.05, 4.69) is 10.0 Å². The minimum Gasteiger partial charge on any atom is -0.465 e. The smallest absolute Gasteiger partial charge is 0.311 e. The standard InChI is InChI=1S/C25H33FN2O5S/c1-17(20-11-12-22(21(26)14-20)28-34(5,31)32)23(29)27-15-19(13-18-9-7-6-8-10-18)16-33-24(30)25(2,3)4/h6-12,14,17,19,28H,13,15-16H2,1-5H3,(H,27,29)/t17-,19?/m0/s1. The number of carbonyl (C=O) groups is 2. The average Bonchev–Trinajstić information content (AvgIpc) is 2.75. The van der Waals surface area contributed by atoms with E-state index in [-0.39, 0.29) is 36.6 Å². The number of rotatable bonds is 10. The minimum atomic E-state index is -3.62. The van der Waals surface area contributed by atoms with Crippen LogP contribution in [-0.4, -0.2) is 39.7 Å². The molecule has 34 heavy (non-hydrogen) atoms. The molecule has 0 heterocycles. The van der Waals surface area contributed by atoms with Crippen molar-refractivity contribution in [3.8, 4) is 0 Å². The second-order valence-corrected chi connectivity index (χ2v) is 11.2. The zero-order valence-electron chi connectivity index (χ0n) is 20.2. The molecule has 1 unspecified atom stereocenters. The molecule has 2 atom stereocenters. The Kier molecular flexibility index (Phi) is 9.21. The number of halogens is 1. The molecule has 0 bridgehead atoms. The van der Waals surface area contributed by atoms with Crippen molar-refractivity contribution in [3.05, 3.63) is 65.5 Å². The maximum atomic E-state index is 14.3. The fourth-order valence-corrected chi connectivity index (χ4v) is 3.75. The first-order valence-corrected chi connectivity index (χ1v) is 12.9. The van der Waals surface area contributed by atoms with Crippen molar-refractivity contribution in [1.82, 2.24) is 5.32 Å². The predicted molar refractivity (Wildman–Crippen MR) is 130 cm³/mol. The summed E-state index contributed by atoms with van der Waals surface area (Å²) in [5.74, 6) is -2.22. The molecule has 0 aliphatic rings. The Morgan fingerprint density at radius 2 is 1.74 bits per heavy atom. The van der Waals surface area contributed by atoms with Crippen molar-refractivity contribution in [3.63, 3.8) is 0 Å². The maximum Gasteiger partial charge on any atom is 0.311 e. The Hall–Kier alpha value is -2.94. The summed E-state index contributed by atoms with van der Waals surface area (Å²) in [6, 6.07) is 13.6. The van der Waals surface area contributed by atoms with Gasteiger partial charge in [0.25, 0.3) is 0 Å². The van der Waals surface area contributed by atoms with Gasteiger partial charge in [0.05, 0.1) is 29.9 Å². The number of sulfonamides is 1. The van der Waals surface area contributed by atoms with Crippen LogP contribution in [0.4, 0.5) is 10.1 Å². The number of amides is 1. The first kappa shape index (κ1) is 27.3. The lowest BCUT2D eigenvalue weighted by Gasteiger charge is -2.22. The van der Waals surface area contributed by atoms with Gasteiger partial charge in [0.15, 0.2) is 0 Å². The highest BCUT2D eigenvalue weighted by Gasteiger charge is 2.25. The second-order valence-electron chi connectivity index (χ2n) is 9.48. The van der Waals surface area contributed by atoms with Gasteiger partial charge in [0.1, 0.15) is 5.82 Å². The quantitative estimate of drug-likeness (QED) is 0.491. The SMILES string of the molecule is C[C@H](C(=O)NCC(COC(=O)C(C)(C)C)Cc1ccccc1)c1ccc(NS(C)(=O)=O)c(F)c1. The summed E-state index contributed by atoms with van der Waals surface area (Å²) < 4.78 is 44.6. The van der Waals surface area contributed by atoms with Crippen LogP contribution < -0.4 is 10.0 Å². The first-order valence-electron chi connectivity index (χ1n) is 11.0. The van der Waals surface area contributed by atoms with E-state index in [0.29, 0.717) is 12.0 Å². The van der Waals surface area contributed by atoms with Gasteiger partial charge in [0.2, 0.25) is 15.9 Å². The molecule has 2 aromatic rings. The summed E-state index contributed by atoms with van der Waals surface area (Å²) in [4.78, 5) is 25.0. The molecule has 2 rings (SSSR count). The highest BCUT2D eigenvalue weighted by molar-refractivity contribution is 7.92. The molecule has 0 fully saturated rings. The number of hydrogen-bond acceptors (Lipinski definition) is 5. The van der Waals surface area contributed by atoms with Gasteiger partial charge in [-0.3, -0.25) is 14.3 Å². The molecule has 1 amide bonds. The number of benzene rings is 2. The van der Waals surface area contributed by atoms with Crippen LogP contribution in [0, 0.1) is 17.2 Å². The molecule has 0 aliphatic carbocycles. The third kappa shape index (κ3) is 8.78. The first-order chi connectivity index (χ1) is 15.8. The highest BCUT2D eigenvalue weighted by atomic mass is 32.2. The van der Waals surface area contributed by atoms with Crippen LogP contribution in [-0.2, 0) is 30.8 Å².